The molecule has 4 nitrogen and oxygen atoms in total. The Morgan fingerprint density at radius 3 is 2.52 bits per heavy atom. The third-order valence-electron chi connectivity index (χ3n) is 3.80. The summed E-state index contributed by atoms with van der Waals surface area (Å²) in [6, 6.07) is 15.5. The molecule has 0 aliphatic heterocycles. The number of phenolic OH excluding ortho intramolecular Hbond substituents is 1. The molecule has 2 aromatic carbocycles. The maximum atomic E-state index is 12.1. The van der Waals surface area contributed by atoms with Crippen molar-refractivity contribution in [3.05, 3.63) is 83.1 Å². The average Bonchev–Trinajstić information content (AvgIpc) is 3.09. The quantitative estimate of drug-likeness (QED) is 0.419. The molecule has 0 fully saturated rings. The van der Waals surface area contributed by atoms with Crippen LogP contribution in [0.25, 0.3) is 17.4 Å². The number of furan rings is 1. The molecule has 0 unspecified atom stereocenters. The molecule has 0 atom stereocenters. The second kappa shape index (κ2) is 7.01. The predicted octanol–water partition coefficient (Wildman–Crippen LogP) is 4.67. The van der Waals surface area contributed by atoms with E-state index in [0.29, 0.717) is 28.9 Å². The first-order valence-corrected chi connectivity index (χ1v) is 7.74. The van der Waals surface area contributed by atoms with E-state index in [1.54, 1.807) is 42.5 Å². The van der Waals surface area contributed by atoms with Gasteiger partial charge in [0.15, 0.2) is 12.1 Å². The second-order valence-electron chi connectivity index (χ2n) is 5.66. The van der Waals surface area contributed by atoms with Gasteiger partial charge >= 0.3 is 0 Å². The van der Waals surface area contributed by atoms with Gasteiger partial charge in [0.25, 0.3) is 0 Å². The molecule has 1 N–H and O–H groups in total. The zero-order valence-electron chi connectivity index (χ0n) is 13.6. The monoisotopic (exact) mass is 332 g/mol. The fourth-order valence-electron chi connectivity index (χ4n) is 2.37. The number of hydrogen-bond donors (Lipinski definition) is 1. The standard InChI is InChI=1S/C21H16O4/c1-14-2-4-15(5-3-14)19(23)10-7-18-8-11-21(25-18)16-6-9-20(24)17(12-16)13-22/h2-13,24H,1H3/b10-7+. The molecule has 0 radical (unpaired) electrons. The Morgan fingerprint density at radius 2 is 1.80 bits per heavy atom. The van der Waals surface area contributed by atoms with Crippen molar-refractivity contribution >= 4 is 18.1 Å². The van der Waals surface area contributed by atoms with E-state index in [1.807, 2.05) is 19.1 Å². The molecule has 0 aliphatic carbocycles. The first kappa shape index (κ1) is 16.5. The molecule has 0 bridgehead atoms. The molecule has 0 spiro atoms. The van der Waals surface area contributed by atoms with Crippen molar-refractivity contribution in [1.82, 2.24) is 0 Å². The topological polar surface area (TPSA) is 67.5 Å². The lowest BCUT2D eigenvalue weighted by atomic mass is 10.1. The summed E-state index contributed by atoms with van der Waals surface area (Å²) in [7, 11) is 0. The first-order chi connectivity index (χ1) is 12.1. The Kier molecular flexibility index (Phi) is 4.61. The number of aryl methyl sites for hydroxylation is 1. The van der Waals surface area contributed by atoms with Gasteiger partial charge in [0.2, 0.25) is 0 Å². The maximum Gasteiger partial charge on any atom is 0.185 e. The lowest BCUT2D eigenvalue weighted by Gasteiger charge is -2.00. The third-order valence-corrected chi connectivity index (χ3v) is 3.80. The second-order valence-corrected chi connectivity index (χ2v) is 5.66. The van der Waals surface area contributed by atoms with Crippen LogP contribution in [0, 0.1) is 6.92 Å². The van der Waals surface area contributed by atoms with Gasteiger partial charge in [-0.05, 0) is 49.4 Å². The van der Waals surface area contributed by atoms with Gasteiger partial charge < -0.3 is 9.52 Å². The van der Waals surface area contributed by atoms with Crippen molar-refractivity contribution < 1.29 is 19.1 Å². The third kappa shape index (κ3) is 3.75. The van der Waals surface area contributed by atoms with E-state index in [1.165, 1.54) is 12.1 Å². The maximum absolute atomic E-state index is 12.1. The van der Waals surface area contributed by atoms with E-state index in [4.69, 9.17) is 4.42 Å². The minimum atomic E-state index is -0.106. The summed E-state index contributed by atoms with van der Waals surface area (Å²) in [6.07, 6.45) is 3.65. The zero-order chi connectivity index (χ0) is 17.8. The SMILES string of the molecule is Cc1ccc(C(=O)/C=C/c2ccc(-c3ccc(O)c(C=O)c3)o2)cc1. The van der Waals surface area contributed by atoms with Gasteiger partial charge in [-0.25, -0.2) is 0 Å². The molecule has 3 aromatic rings. The summed E-state index contributed by atoms with van der Waals surface area (Å²) in [5, 5.41) is 9.55. The Morgan fingerprint density at radius 1 is 1.04 bits per heavy atom. The largest absolute Gasteiger partial charge is 0.507 e. The molecule has 124 valence electrons. The zero-order valence-corrected chi connectivity index (χ0v) is 13.6. The number of aromatic hydroxyl groups is 1. The highest BCUT2D eigenvalue weighted by Crippen LogP contribution is 2.27. The van der Waals surface area contributed by atoms with Crippen LogP contribution in [0.1, 0.15) is 32.0 Å². The number of rotatable bonds is 5. The van der Waals surface area contributed by atoms with Gasteiger partial charge in [-0.1, -0.05) is 29.8 Å². The normalized spacial score (nSPS) is 10.9. The molecule has 0 saturated carbocycles. The van der Waals surface area contributed by atoms with Gasteiger partial charge in [0, 0.05) is 11.1 Å². The fourth-order valence-corrected chi connectivity index (χ4v) is 2.37. The van der Waals surface area contributed by atoms with Gasteiger partial charge in [-0.15, -0.1) is 0 Å². The molecular weight excluding hydrogens is 316 g/mol. The number of phenols is 1. The molecule has 3 rings (SSSR count). The van der Waals surface area contributed by atoms with Gasteiger partial charge in [-0.2, -0.15) is 0 Å². The Labute approximate surface area is 145 Å². The minimum absolute atomic E-state index is 0.0749. The summed E-state index contributed by atoms with van der Waals surface area (Å²) in [6.45, 7) is 1.97. The Hall–Kier alpha value is -3.40. The molecule has 1 aromatic heterocycles. The number of benzene rings is 2. The number of hydrogen-bond acceptors (Lipinski definition) is 4. The molecule has 4 heteroatoms. The summed E-state index contributed by atoms with van der Waals surface area (Å²) in [4.78, 5) is 23.0. The number of aldehydes is 1. The van der Waals surface area contributed by atoms with Crippen molar-refractivity contribution in [2.75, 3.05) is 0 Å². The van der Waals surface area contributed by atoms with E-state index in [0.717, 1.165) is 5.56 Å². The van der Waals surface area contributed by atoms with Crippen LogP contribution in [0.4, 0.5) is 0 Å². The molecule has 0 amide bonds. The Balaban J connectivity index is 1.78. The van der Waals surface area contributed by atoms with Crippen LogP contribution < -0.4 is 0 Å². The molecular formula is C21H16O4. The highest BCUT2D eigenvalue weighted by Gasteiger charge is 2.08. The van der Waals surface area contributed by atoms with Crippen LogP contribution in [-0.4, -0.2) is 17.2 Å². The number of carbonyl (C=O) groups excluding carboxylic acids is 2. The first-order valence-electron chi connectivity index (χ1n) is 7.74. The van der Waals surface area contributed by atoms with Gasteiger partial charge in [0.05, 0.1) is 5.56 Å². The molecule has 0 aliphatic rings. The van der Waals surface area contributed by atoms with E-state index in [-0.39, 0.29) is 17.1 Å². The predicted molar refractivity (Wildman–Crippen MR) is 95.7 cm³/mol. The van der Waals surface area contributed by atoms with Gasteiger partial charge in [-0.3, -0.25) is 9.59 Å². The van der Waals surface area contributed by atoms with Crippen molar-refractivity contribution in [2.24, 2.45) is 0 Å². The van der Waals surface area contributed by atoms with Crippen molar-refractivity contribution in [3.63, 3.8) is 0 Å². The minimum Gasteiger partial charge on any atom is -0.507 e. The van der Waals surface area contributed by atoms with E-state index in [9.17, 15) is 14.7 Å². The number of ketones is 1. The summed E-state index contributed by atoms with van der Waals surface area (Å²) in [5.74, 6) is 0.890. The highest BCUT2D eigenvalue weighted by molar-refractivity contribution is 6.06. The Bertz CT molecular complexity index is 946. The van der Waals surface area contributed by atoms with Crippen molar-refractivity contribution in [3.8, 4) is 17.1 Å². The average molecular weight is 332 g/mol. The smallest absolute Gasteiger partial charge is 0.185 e. The number of allylic oxidation sites excluding steroid dienone is 1. The van der Waals surface area contributed by atoms with Crippen molar-refractivity contribution in [1.29, 1.82) is 0 Å². The van der Waals surface area contributed by atoms with Crippen LogP contribution in [0.3, 0.4) is 0 Å². The van der Waals surface area contributed by atoms with E-state index < -0.39 is 0 Å². The van der Waals surface area contributed by atoms with E-state index >= 15 is 0 Å². The molecule has 1 heterocycles. The van der Waals surface area contributed by atoms with Crippen LogP contribution >= 0.6 is 0 Å². The summed E-state index contributed by atoms with van der Waals surface area (Å²) in [5.41, 5.74) is 2.58. The summed E-state index contributed by atoms with van der Waals surface area (Å²) >= 11 is 0. The lowest BCUT2D eigenvalue weighted by Crippen LogP contribution is -1.93. The van der Waals surface area contributed by atoms with Crippen molar-refractivity contribution in [2.45, 2.75) is 6.92 Å². The molecule has 0 saturated heterocycles. The number of carbonyl (C=O) groups is 2. The molecule has 25 heavy (non-hydrogen) atoms. The van der Waals surface area contributed by atoms with Gasteiger partial charge in [0.1, 0.15) is 17.3 Å². The van der Waals surface area contributed by atoms with Crippen LogP contribution in [0.5, 0.6) is 5.75 Å². The van der Waals surface area contributed by atoms with E-state index in [2.05, 4.69) is 0 Å². The summed E-state index contributed by atoms with van der Waals surface area (Å²) < 4.78 is 5.68. The highest BCUT2D eigenvalue weighted by atomic mass is 16.3. The van der Waals surface area contributed by atoms with Crippen LogP contribution in [0.2, 0.25) is 0 Å². The van der Waals surface area contributed by atoms with Crippen LogP contribution in [0.15, 0.2) is 65.1 Å². The lowest BCUT2D eigenvalue weighted by molar-refractivity contribution is 0.104. The van der Waals surface area contributed by atoms with Crippen LogP contribution in [-0.2, 0) is 0 Å². The fraction of sp³-hybridized carbons (Fsp3) is 0.0476.